The van der Waals surface area contributed by atoms with Crippen molar-refractivity contribution in [2.45, 2.75) is 24.6 Å². The van der Waals surface area contributed by atoms with E-state index in [4.69, 9.17) is 12.2 Å². The number of aryl methyl sites for hydroxylation is 1. The molecule has 3 heteroatoms. The second kappa shape index (κ2) is 4.39. The van der Waals surface area contributed by atoms with Crippen LogP contribution in [0.3, 0.4) is 0 Å². The predicted molar refractivity (Wildman–Crippen MR) is 64.6 cm³/mol. The number of nitrogens with two attached hydrogens (primary N) is 1. The molecule has 0 spiro atoms. The molecule has 1 aliphatic heterocycles. The molecule has 0 fully saturated rings. The van der Waals surface area contributed by atoms with Gasteiger partial charge in [0.25, 0.3) is 0 Å². The predicted octanol–water partition coefficient (Wildman–Crippen LogP) is 2.56. The van der Waals surface area contributed by atoms with E-state index in [0.29, 0.717) is 6.42 Å². The quantitative estimate of drug-likeness (QED) is 0.780. The fourth-order valence-electron chi connectivity index (χ4n) is 1.58. The second-order valence-corrected chi connectivity index (χ2v) is 5.69. The van der Waals surface area contributed by atoms with Crippen molar-refractivity contribution in [1.82, 2.24) is 0 Å². The first-order valence-corrected chi connectivity index (χ1v) is 6.66. The van der Waals surface area contributed by atoms with Crippen LogP contribution in [0.5, 0.6) is 0 Å². The zero-order valence-electron chi connectivity index (χ0n) is 7.95. The van der Waals surface area contributed by atoms with E-state index in [0.717, 1.165) is 5.75 Å². The van der Waals surface area contributed by atoms with Gasteiger partial charge < -0.3 is 5.73 Å². The highest BCUT2D eigenvalue weighted by molar-refractivity contribution is 7.98. The maximum atomic E-state index is 5.98. The van der Waals surface area contributed by atoms with Crippen molar-refractivity contribution in [2.75, 3.05) is 5.75 Å². The molecule has 1 nitrogen and oxygen atoms in total. The summed E-state index contributed by atoms with van der Waals surface area (Å²) in [6.07, 6.45) is 7.11. The summed E-state index contributed by atoms with van der Waals surface area (Å²) in [7, 11) is 0. The molecule has 14 heavy (non-hydrogen) atoms. The molecule has 2 heterocycles. The van der Waals surface area contributed by atoms with E-state index in [9.17, 15) is 0 Å². The van der Waals surface area contributed by atoms with E-state index in [1.54, 1.807) is 0 Å². The Morgan fingerprint density at radius 2 is 2.50 bits per heavy atom. The monoisotopic (exact) mass is 223 g/mol. The summed E-state index contributed by atoms with van der Waals surface area (Å²) >= 11 is 3.85. The van der Waals surface area contributed by atoms with Gasteiger partial charge in [0.15, 0.2) is 0 Å². The highest BCUT2D eigenvalue weighted by atomic mass is 32.2. The average molecular weight is 223 g/mol. The van der Waals surface area contributed by atoms with Crippen molar-refractivity contribution in [3.05, 3.63) is 21.4 Å². The van der Waals surface area contributed by atoms with Crippen LogP contribution in [0.4, 0.5) is 0 Å². The molecule has 0 aromatic carbocycles. The minimum Gasteiger partial charge on any atom is -0.322 e. The Kier molecular flexibility index (Phi) is 3.17. The minimum absolute atomic E-state index is 0.0422. The third kappa shape index (κ3) is 1.98. The van der Waals surface area contributed by atoms with Gasteiger partial charge >= 0.3 is 0 Å². The van der Waals surface area contributed by atoms with Gasteiger partial charge in [0.2, 0.25) is 0 Å². The van der Waals surface area contributed by atoms with Crippen LogP contribution in [0.1, 0.15) is 27.8 Å². The largest absolute Gasteiger partial charge is 0.322 e. The molecule has 74 valence electrons. The standard InChI is InChI=1S/C11H13NS2/c1-2-3-9(12)11-6-8-7-13-5-4-10(8)14-11/h1,6,9H,3-5,7,12H2. The van der Waals surface area contributed by atoms with Crippen LogP contribution in [0.15, 0.2) is 6.07 Å². The van der Waals surface area contributed by atoms with Crippen LogP contribution in [0.2, 0.25) is 0 Å². The molecule has 0 saturated heterocycles. The van der Waals surface area contributed by atoms with Crippen molar-refractivity contribution in [3.63, 3.8) is 0 Å². The summed E-state index contributed by atoms with van der Waals surface area (Å²) in [5.41, 5.74) is 7.46. The molecule has 0 bridgehead atoms. The van der Waals surface area contributed by atoms with Crippen LogP contribution < -0.4 is 5.73 Å². The summed E-state index contributed by atoms with van der Waals surface area (Å²) in [4.78, 5) is 2.78. The molecule has 2 N–H and O–H groups in total. The van der Waals surface area contributed by atoms with Gasteiger partial charge in [-0.1, -0.05) is 0 Å². The van der Waals surface area contributed by atoms with Crippen LogP contribution >= 0.6 is 23.1 Å². The molecule has 1 aromatic heterocycles. The van der Waals surface area contributed by atoms with Gasteiger partial charge in [0, 0.05) is 21.9 Å². The Hall–Kier alpha value is -0.430. The van der Waals surface area contributed by atoms with E-state index in [1.165, 1.54) is 27.5 Å². The van der Waals surface area contributed by atoms with Crippen molar-refractivity contribution in [2.24, 2.45) is 5.73 Å². The highest BCUT2D eigenvalue weighted by Crippen LogP contribution is 2.34. The lowest BCUT2D eigenvalue weighted by Gasteiger charge is -2.08. The van der Waals surface area contributed by atoms with Crippen LogP contribution in [0.25, 0.3) is 0 Å². The molecule has 0 saturated carbocycles. The van der Waals surface area contributed by atoms with E-state index < -0.39 is 0 Å². The van der Waals surface area contributed by atoms with E-state index in [-0.39, 0.29) is 6.04 Å². The number of fused-ring (bicyclic) bond motifs is 1. The third-order valence-electron chi connectivity index (χ3n) is 2.35. The number of thioether (sulfide) groups is 1. The zero-order chi connectivity index (χ0) is 9.97. The molecule has 0 amide bonds. The zero-order valence-corrected chi connectivity index (χ0v) is 9.59. The minimum atomic E-state index is 0.0422. The van der Waals surface area contributed by atoms with Crippen LogP contribution in [-0.2, 0) is 12.2 Å². The number of thiophene rings is 1. The fraction of sp³-hybridized carbons (Fsp3) is 0.455. The van der Waals surface area contributed by atoms with Gasteiger partial charge in [-0.2, -0.15) is 11.8 Å². The van der Waals surface area contributed by atoms with Crippen molar-refractivity contribution < 1.29 is 0 Å². The Labute approximate surface area is 93.1 Å². The van der Waals surface area contributed by atoms with Crippen LogP contribution in [0, 0.1) is 12.3 Å². The molecule has 0 aliphatic carbocycles. The lowest BCUT2D eigenvalue weighted by atomic mass is 10.1. The first kappa shape index (κ1) is 10.1. The summed E-state index contributed by atoms with van der Waals surface area (Å²) in [6, 6.07) is 2.29. The molecule has 1 aliphatic rings. The fourth-order valence-corrected chi connectivity index (χ4v) is 3.96. The molecule has 2 rings (SSSR count). The smallest absolute Gasteiger partial charge is 0.0500 e. The molecular weight excluding hydrogens is 210 g/mol. The first-order valence-electron chi connectivity index (χ1n) is 4.69. The molecule has 1 unspecified atom stereocenters. The summed E-state index contributed by atoms with van der Waals surface area (Å²) < 4.78 is 0. The van der Waals surface area contributed by atoms with Gasteiger partial charge in [-0.25, -0.2) is 0 Å². The molecule has 1 aromatic rings. The molecular formula is C11H13NS2. The van der Waals surface area contributed by atoms with Gasteiger partial charge in [0.1, 0.15) is 0 Å². The van der Waals surface area contributed by atoms with Crippen molar-refractivity contribution in [3.8, 4) is 12.3 Å². The second-order valence-electron chi connectivity index (χ2n) is 3.41. The average Bonchev–Trinajstić information content (AvgIpc) is 2.61. The summed E-state index contributed by atoms with van der Waals surface area (Å²) in [5, 5.41) is 0. The van der Waals surface area contributed by atoms with E-state index in [1.807, 2.05) is 23.1 Å². The SMILES string of the molecule is C#CCC(N)c1cc2c(s1)CCSC2. The van der Waals surface area contributed by atoms with E-state index in [2.05, 4.69) is 12.0 Å². The topological polar surface area (TPSA) is 26.0 Å². The number of terminal acetylenes is 1. The Morgan fingerprint density at radius 1 is 1.64 bits per heavy atom. The first-order chi connectivity index (χ1) is 6.81. The Balaban J connectivity index is 2.20. The molecule has 0 radical (unpaired) electrons. The van der Waals surface area contributed by atoms with Crippen molar-refractivity contribution >= 4 is 23.1 Å². The number of hydrogen-bond acceptors (Lipinski definition) is 3. The summed E-state index contributed by atoms with van der Waals surface area (Å²) in [5.74, 6) is 5.02. The maximum absolute atomic E-state index is 5.98. The van der Waals surface area contributed by atoms with Gasteiger partial charge in [-0.3, -0.25) is 0 Å². The van der Waals surface area contributed by atoms with Crippen molar-refractivity contribution in [1.29, 1.82) is 0 Å². The van der Waals surface area contributed by atoms with Gasteiger partial charge in [-0.15, -0.1) is 23.7 Å². The van der Waals surface area contributed by atoms with E-state index >= 15 is 0 Å². The third-order valence-corrected chi connectivity index (χ3v) is 4.73. The summed E-state index contributed by atoms with van der Waals surface area (Å²) in [6.45, 7) is 0. The number of hydrogen-bond donors (Lipinski definition) is 1. The lowest BCUT2D eigenvalue weighted by Crippen LogP contribution is -2.06. The normalized spacial score (nSPS) is 17.1. The maximum Gasteiger partial charge on any atom is 0.0500 e. The highest BCUT2D eigenvalue weighted by Gasteiger charge is 2.16. The Morgan fingerprint density at radius 3 is 3.21 bits per heavy atom. The van der Waals surface area contributed by atoms with Gasteiger partial charge in [-0.05, 0) is 23.8 Å². The Bertz CT molecular complexity index is 338. The van der Waals surface area contributed by atoms with Crippen LogP contribution in [-0.4, -0.2) is 5.75 Å². The number of rotatable bonds is 2. The lowest BCUT2D eigenvalue weighted by molar-refractivity contribution is 0.771. The molecule has 1 atom stereocenters. The van der Waals surface area contributed by atoms with Gasteiger partial charge in [0.05, 0.1) is 6.04 Å².